The number of rotatable bonds is 10. The summed E-state index contributed by atoms with van der Waals surface area (Å²) in [6, 6.07) is 0. The zero-order valence-corrected chi connectivity index (χ0v) is 11.3. The molecule has 0 aliphatic rings. The molecule has 0 saturated heterocycles. The van der Waals surface area contributed by atoms with Crippen molar-refractivity contribution in [2.24, 2.45) is 11.8 Å². The van der Waals surface area contributed by atoms with Crippen LogP contribution in [0.4, 0.5) is 0 Å². The van der Waals surface area contributed by atoms with Gasteiger partial charge in [0.15, 0.2) is 0 Å². The van der Waals surface area contributed by atoms with Crippen LogP contribution in [0.25, 0.3) is 0 Å². The van der Waals surface area contributed by atoms with Gasteiger partial charge in [-0.1, -0.05) is 53.4 Å². The van der Waals surface area contributed by atoms with Crippen molar-refractivity contribution in [3.63, 3.8) is 0 Å². The lowest BCUT2D eigenvalue weighted by molar-refractivity contribution is 0.409. The molecule has 0 rings (SSSR count). The zero-order valence-electron chi connectivity index (χ0n) is 11.3. The van der Waals surface area contributed by atoms with Crippen LogP contribution < -0.4 is 5.32 Å². The van der Waals surface area contributed by atoms with Crippen molar-refractivity contribution in [2.45, 2.75) is 66.2 Å². The van der Waals surface area contributed by atoms with Gasteiger partial charge in [-0.15, -0.1) is 0 Å². The van der Waals surface area contributed by atoms with Gasteiger partial charge in [0.25, 0.3) is 0 Å². The molecular formula is C14H30N. The van der Waals surface area contributed by atoms with Crippen LogP contribution in [-0.4, -0.2) is 13.1 Å². The first-order valence-corrected chi connectivity index (χ1v) is 6.83. The SMILES string of the molecule is CCCCC(C)C[N]CC(C)CCCC. The number of nitrogens with zero attached hydrogens (tertiary/aromatic N) is 1. The second-order valence-electron chi connectivity index (χ2n) is 5.08. The first-order chi connectivity index (χ1) is 7.20. The van der Waals surface area contributed by atoms with Crippen molar-refractivity contribution in [1.82, 2.24) is 5.32 Å². The van der Waals surface area contributed by atoms with Crippen molar-refractivity contribution >= 4 is 0 Å². The highest BCUT2D eigenvalue weighted by Crippen LogP contribution is 2.09. The lowest BCUT2D eigenvalue weighted by atomic mass is 10.0. The predicted octanol–water partition coefficient (Wildman–Crippen LogP) is 4.24. The summed E-state index contributed by atoms with van der Waals surface area (Å²) in [7, 11) is 0. The Kier molecular flexibility index (Phi) is 10.4. The van der Waals surface area contributed by atoms with Crippen molar-refractivity contribution in [3.05, 3.63) is 0 Å². The summed E-state index contributed by atoms with van der Waals surface area (Å²) in [5.74, 6) is 1.59. The molecule has 1 nitrogen and oxygen atoms in total. The van der Waals surface area contributed by atoms with Gasteiger partial charge in [-0.3, -0.25) is 0 Å². The maximum Gasteiger partial charge on any atom is 0.0159 e. The van der Waals surface area contributed by atoms with Crippen LogP contribution in [0.2, 0.25) is 0 Å². The summed E-state index contributed by atoms with van der Waals surface area (Å²) in [5.41, 5.74) is 0. The van der Waals surface area contributed by atoms with E-state index in [9.17, 15) is 0 Å². The van der Waals surface area contributed by atoms with E-state index in [-0.39, 0.29) is 0 Å². The highest BCUT2D eigenvalue weighted by Gasteiger charge is 2.04. The molecular weight excluding hydrogens is 182 g/mol. The fourth-order valence-electron chi connectivity index (χ4n) is 1.80. The molecule has 0 aromatic heterocycles. The van der Waals surface area contributed by atoms with E-state index in [0.717, 1.165) is 24.9 Å². The average molecular weight is 212 g/mol. The Hall–Kier alpha value is -0.0400. The summed E-state index contributed by atoms with van der Waals surface area (Å²) in [6.07, 6.45) is 8.06. The van der Waals surface area contributed by atoms with E-state index >= 15 is 0 Å². The first-order valence-electron chi connectivity index (χ1n) is 6.83. The van der Waals surface area contributed by atoms with E-state index in [4.69, 9.17) is 0 Å². The van der Waals surface area contributed by atoms with Crippen LogP contribution in [0.15, 0.2) is 0 Å². The number of hydrogen-bond donors (Lipinski definition) is 0. The third-order valence-electron chi connectivity index (χ3n) is 2.98. The van der Waals surface area contributed by atoms with Crippen LogP contribution in [-0.2, 0) is 0 Å². The zero-order chi connectivity index (χ0) is 11.5. The Morgan fingerprint density at radius 2 is 1.20 bits per heavy atom. The Bertz CT molecular complexity index is 109. The van der Waals surface area contributed by atoms with Crippen LogP contribution in [0.5, 0.6) is 0 Å². The maximum absolute atomic E-state index is 4.68. The van der Waals surface area contributed by atoms with Gasteiger partial charge in [-0.05, 0) is 24.7 Å². The number of hydrogen-bond acceptors (Lipinski definition) is 0. The second kappa shape index (κ2) is 10.5. The monoisotopic (exact) mass is 212 g/mol. The van der Waals surface area contributed by atoms with E-state index < -0.39 is 0 Å². The maximum atomic E-state index is 4.68. The summed E-state index contributed by atoms with van der Waals surface area (Å²) < 4.78 is 0. The summed E-state index contributed by atoms with van der Waals surface area (Å²) in [6.45, 7) is 11.3. The van der Waals surface area contributed by atoms with Gasteiger partial charge in [0.1, 0.15) is 0 Å². The normalized spacial score (nSPS) is 15.2. The molecule has 0 heterocycles. The molecule has 0 aliphatic heterocycles. The van der Waals surface area contributed by atoms with Crippen molar-refractivity contribution < 1.29 is 0 Å². The van der Waals surface area contributed by atoms with E-state index in [0.29, 0.717) is 0 Å². The van der Waals surface area contributed by atoms with E-state index in [1.54, 1.807) is 0 Å². The minimum Gasteiger partial charge on any atom is -0.241 e. The van der Waals surface area contributed by atoms with E-state index in [1.165, 1.54) is 38.5 Å². The highest BCUT2D eigenvalue weighted by molar-refractivity contribution is 4.60. The van der Waals surface area contributed by atoms with Crippen LogP contribution in [0.1, 0.15) is 66.2 Å². The van der Waals surface area contributed by atoms with Crippen molar-refractivity contribution in [2.75, 3.05) is 13.1 Å². The molecule has 0 aliphatic carbocycles. The average Bonchev–Trinajstić information content (AvgIpc) is 2.23. The summed E-state index contributed by atoms with van der Waals surface area (Å²) in [4.78, 5) is 0. The lowest BCUT2D eigenvalue weighted by Gasteiger charge is -2.14. The molecule has 0 bridgehead atoms. The molecule has 15 heavy (non-hydrogen) atoms. The van der Waals surface area contributed by atoms with Crippen LogP contribution in [0, 0.1) is 11.8 Å². The van der Waals surface area contributed by atoms with Gasteiger partial charge < -0.3 is 0 Å². The Morgan fingerprint density at radius 3 is 1.53 bits per heavy atom. The molecule has 1 radical (unpaired) electrons. The molecule has 0 saturated carbocycles. The minimum atomic E-state index is 0.795. The van der Waals surface area contributed by atoms with Gasteiger partial charge in [0, 0.05) is 13.1 Å². The third kappa shape index (κ3) is 10.2. The molecule has 2 unspecified atom stereocenters. The number of unbranched alkanes of at least 4 members (excludes halogenated alkanes) is 2. The van der Waals surface area contributed by atoms with Crippen molar-refractivity contribution in [3.8, 4) is 0 Å². The quantitative estimate of drug-likeness (QED) is 0.514. The Morgan fingerprint density at radius 1 is 0.800 bits per heavy atom. The summed E-state index contributed by atoms with van der Waals surface area (Å²) in [5, 5.41) is 4.68. The molecule has 0 amide bonds. The predicted molar refractivity (Wildman–Crippen MR) is 69.2 cm³/mol. The molecule has 0 N–H and O–H groups in total. The highest BCUT2D eigenvalue weighted by atomic mass is 14.9. The molecule has 91 valence electrons. The summed E-state index contributed by atoms with van der Waals surface area (Å²) >= 11 is 0. The molecule has 0 spiro atoms. The largest absolute Gasteiger partial charge is 0.241 e. The van der Waals surface area contributed by atoms with Gasteiger partial charge in [0.2, 0.25) is 0 Å². The Labute approximate surface area is 97.0 Å². The van der Waals surface area contributed by atoms with Gasteiger partial charge >= 0.3 is 0 Å². The third-order valence-corrected chi connectivity index (χ3v) is 2.98. The fourth-order valence-corrected chi connectivity index (χ4v) is 1.80. The van der Waals surface area contributed by atoms with E-state index in [1.807, 2.05) is 0 Å². The minimum absolute atomic E-state index is 0.795. The molecule has 0 fully saturated rings. The van der Waals surface area contributed by atoms with Crippen LogP contribution >= 0.6 is 0 Å². The smallest absolute Gasteiger partial charge is 0.0159 e. The van der Waals surface area contributed by atoms with Gasteiger partial charge in [-0.25, -0.2) is 5.32 Å². The standard InChI is InChI=1S/C14H30N/c1-5-7-9-13(3)11-15-12-14(4)10-8-6-2/h13-14H,5-12H2,1-4H3. The second-order valence-corrected chi connectivity index (χ2v) is 5.08. The van der Waals surface area contributed by atoms with Gasteiger partial charge in [-0.2, -0.15) is 0 Å². The first kappa shape index (κ1) is 15.0. The molecule has 2 atom stereocenters. The lowest BCUT2D eigenvalue weighted by Crippen LogP contribution is -2.19. The topological polar surface area (TPSA) is 14.1 Å². The fraction of sp³-hybridized carbons (Fsp3) is 1.00. The van der Waals surface area contributed by atoms with Crippen molar-refractivity contribution in [1.29, 1.82) is 0 Å². The van der Waals surface area contributed by atoms with Crippen LogP contribution in [0.3, 0.4) is 0 Å². The molecule has 0 aromatic carbocycles. The Balaban J connectivity index is 3.27. The molecule has 1 heteroatoms. The molecule has 0 aromatic rings. The van der Waals surface area contributed by atoms with Gasteiger partial charge in [0.05, 0.1) is 0 Å². The van der Waals surface area contributed by atoms with E-state index in [2.05, 4.69) is 33.0 Å².